The van der Waals surface area contributed by atoms with Gasteiger partial charge in [-0.15, -0.1) is 0 Å². The fourth-order valence-corrected chi connectivity index (χ4v) is 2.04. The van der Waals surface area contributed by atoms with E-state index in [9.17, 15) is 4.21 Å². The molecule has 0 fully saturated rings. The van der Waals surface area contributed by atoms with E-state index in [1.54, 1.807) is 10.4 Å². The van der Waals surface area contributed by atoms with Gasteiger partial charge in [0.25, 0.3) is 0 Å². The predicted molar refractivity (Wildman–Crippen MR) is 55.7 cm³/mol. The van der Waals surface area contributed by atoms with Crippen LogP contribution in [0.3, 0.4) is 0 Å². The van der Waals surface area contributed by atoms with Gasteiger partial charge in [0.15, 0.2) is 0 Å². The molecule has 0 aliphatic heterocycles. The summed E-state index contributed by atoms with van der Waals surface area (Å²) in [6.45, 7) is 2.01. The van der Waals surface area contributed by atoms with Gasteiger partial charge in [-0.05, 0) is 24.0 Å². The lowest BCUT2D eigenvalue weighted by atomic mass is 10.2. The van der Waals surface area contributed by atoms with Crippen LogP contribution >= 0.6 is 15.9 Å². The van der Waals surface area contributed by atoms with Crippen molar-refractivity contribution in [3.8, 4) is 0 Å². The molecule has 0 aromatic heterocycles. The highest BCUT2D eigenvalue weighted by atomic mass is 79.9. The van der Waals surface area contributed by atoms with E-state index in [4.69, 9.17) is 0 Å². The third-order valence-corrected chi connectivity index (χ3v) is 3.16. The Hall–Kier alpha value is -0.410. The molecule has 1 atom stereocenters. The van der Waals surface area contributed by atoms with Gasteiger partial charge in [0.05, 0.1) is 10.8 Å². The smallest absolute Gasteiger partial charge is 0.0781 e. The van der Waals surface area contributed by atoms with Crippen LogP contribution in [0.1, 0.15) is 5.56 Å². The molecule has 12 heavy (non-hydrogen) atoms. The quantitative estimate of drug-likeness (QED) is 0.782. The van der Waals surface area contributed by atoms with Gasteiger partial charge in [0, 0.05) is 10.3 Å². The molecule has 0 saturated carbocycles. The van der Waals surface area contributed by atoms with E-state index in [0.29, 0.717) is 0 Å². The van der Waals surface area contributed by atoms with Gasteiger partial charge in [-0.3, -0.25) is 0 Å². The minimum Gasteiger partial charge on any atom is -0.250 e. The minimum absolute atomic E-state index is 0.830. The highest BCUT2D eigenvalue weighted by molar-refractivity contribution is 9.11. The lowest BCUT2D eigenvalue weighted by Crippen LogP contribution is -1.85. The second-order valence-electron chi connectivity index (χ2n) is 2.37. The summed E-state index contributed by atoms with van der Waals surface area (Å²) in [6.07, 6.45) is 0. The van der Waals surface area contributed by atoms with Crippen molar-refractivity contribution in [3.05, 3.63) is 40.2 Å². The molecule has 1 nitrogen and oxygen atoms in total. The summed E-state index contributed by atoms with van der Waals surface area (Å²) in [5, 5.41) is 1.60. The molecule has 3 heteroatoms. The number of aryl methyl sites for hydroxylation is 1. The Labute approximate surface area is 83.1 Å². The van der Waals surface area contributed by atoms with Crippen LogP contribution in [0.2, 0.25) is 0 Å². The van der Waals surface area contributed by atoms with Gasteiger partial charge in [-0.2, -0.15) is 0 Å². The van der Waals surface area contributed by atoms with Crippen molar-refractivity contribution in [2.75, 3.05) is 0 Å². The Morgan fingerprint density at radius 3 is 2.42 bits per heavy atom. The molecule has 0 spiro atoms. The fourth-order valence-electron chi connectivity index (χ4n) is 0.798. The highest BCUT2D eigenvalue weighted by Crippen LogP contribution is 2.09. The van der Waals surface area contributed by atoms with E-state index in [1.165, 1.54) is 5.56 Å². The van der Waals surface area contributed by atoms with Crippen LogP contribution in [0, 0.1) is 6.92 Å². The van der Waals surface area contributed by atoms with Crippen molar-refractivity contribution in [2.45, 2.75) is 11.8 Å². The molecule has 1 rings (SSSR count). The Morgan fingerprint density at radius 1 is 1.33 bits per heavy atom. The molecule has 0 unspecified atom stereocenters. The zero-order valence-corrected chi connectivity index (χ0v) is 9.06. The Morgan fingerprint density at radius 2 is 1.92 bits per heavy atom. The minimum atomic E-state index is -1.02. The third kappa shape index (κ3) is 2.57. The van der Waals surface area contributed by atoms with Crippen LogP contribution in [0.4, 0.5) is 0 Å². The summed E-state index contributed by atoms with van der Waals surface area (Å²) >= 11 is 3.09. The molecular formula is C9H9BrOS. The van der Waals surface area contributed by atoms with Crippen molar-refractivity contribution in [3.63, 3.8) is 0 Å². The van der Waals surface area contributed by atoms with Crippen LogP contribution in [0.25, 0.3) is 0 Å². The second kappa shape index (κ2) is 4.58. The van der Waals surface area contributed by atoms with E-state index in [0.717, 1.165) is 4.90 Å². The maximum absolute atomic E-state index is 11.4. The zero-order valence-electron chi connectivity index (χ0n) is 6.66. The first kappa shape index (κ1) is 9.68. The number of hydrogen-bond donors (Lipinski definition) is 0. The summed E-state index contributed by atoms with van der Waals surface area (Å²) < 4.78 is 11.4. The average Bonchev–Trinajstić information content (AvgIpc) is 2.06. The maximum Gasteiger partial charge on any atom is 0.0781 e. The molecule has 0 aliphatic carbocycles. The molecule has 1 aromatic rings. The normalized spacial score (nSPS) is 13.5. The Balaban J connectivity index is 2.90. The standard InChI is InChI=1S/C9H9BrOS/c1-8-2-4-9(5-3-8)12(11)7-6-10/h2-7H,1H3/b7-6+/t12-/m1/s1. The van der Waals surface area contributed by atoms with Crippen molar-refractivity contribution in [1.82, 2.24) is 0 Å². The first-order valence-corrected chi connectivity index (χ1v) is 5.61. The largest absolute Gasteiger partial charge is 0.250 e. The van der Waals surface area contributed by atoms with Gasteiger partial charge in [0.2, 0.25) is 0 Å². The number of hydrogen-bond acceptors (Lipinski definition) is 1. The summed E-state index contributed by atoms with van der Waals surface area (Å²) in [4.78, 5) is 2.44. The lowest BCUT2D eigenvalue weighted by Gasteiger charge is -1.96. The molecule has 0 radical (unpaired) electrons. The van der Waals surface area contributed by atoms with Crippen LogP contribution in [0.5, 0.6) is 0 Å². The number of rotatable bonds is 2. The molecular weight excluding hydrogens is 236 g/mol. The molecule has 0 bridgehead atoms. The Bertz CT molecular complexity index is 303. The van der Waals surface area contributed by atoms with Crippen molar-refractivity contribution in [2.24, 2.45) is 0 Å². The van der Waals surface area contributed by atoms with Crippen LogP contribution < -0.4 is 0 Å². The van der Waals surface area contributed by atoms with E-state index >= 15 is 0 Å². The average molecular weight is 245 g/mol. The Kier molecular flexibility index (Phi) is 3.69. The number of halogens is 1. The maximum atomic E-state index is 11.4. The van der Waals surface area contributed by atoms with Crippen LogP contribution in [-0.4, -0.2) is 4.21 Å². The first-order valence-electron chi connectivity index (χ1n) is 3.48. The molecule has 0 heterocycles. The van der Waals surface area contributed by atoms with Gasteiger partial charge >= 0.3 is 0 Å². The number of benzene rings is 1. The van der Waals surface area contributed by atoms with Crippen LogP contribution in [-0.2, 0) is 10.8 Å². The second-order valence-corrected chi connectivity index (χ2v) is 4.24. The zero-order chi connectivity index (χ0) is 8.97. The fraction of sp³-hybridized carbons (Fsp3) is 0.111. The van der Waals surface area contributed by atoms with E-state index in [-0.39, 0.29) is 0 Å². The van der Waals surface area contributed by atoms with E-state index < -0.39 is 10.8 Å². The van der Waals surface area contributed by atoms with E-state index in [2.05, 4.69) is 15.9 Å². The van der Waals surface area contributed by atoms with Crippen LogP contribution in [0.15, 0.2) is 39.6 Å². The monoisotopic (exact) mass is 244 g/mol. The first-order chi connectivity index (χ1) is 5.74. The van der Waals surface area contributed by atoms with Crippen molar-refractivity contribution in [1.29, 1.82) is 0 Å². The highest BCUT2D eigenvalue weighted by Gasteiger charge is 1.96. The molecule has 0 aliphatic rings. The molecule has 1 aromatic carbocycles. The van der Waals surface area contributed by atoms with Gasteiger partial charge in [-0.1, -0.05) is 33.6 Å². The molecule has 0 N–H and O–H groups in total. The molecule has 0 amide bonds. The van der Waals surface area contributed by atoms with Gasteiger partial charge < -0.3 is 0 Å². The predicted octanol–water partition coefficient (Wildman–Crippen LogP) is 2.97. The summed E-state index contributed by atoms with van der Waals surface area (Å²) in [6, 6.07) is 7.65. The molecule has 0 saturated heterocycles. The summed E-state index contributed by atoms with van der Waals surface area (Å²) in [5.41, 5.74) is 1.18. The van der Waals surface area contributed by atoms with Gasteiger partial charge in [-0.25, -0.2) is 4.21 Å². The topological polar surface area (TPSA) is 17.1 Å². The van der Waals surface area contributed by atoms with E-state index in [1.807, 2.05) is 31.2 Å². The SMILES string of the molecule is Cc1ccc([S@](=O)/C=C/Br)cc1. The van der Waals surface area contributed by atoms with Gasteiger partial charge in [0.1, 0.15) is 0 Å². The molecule has 64 valence electrons. The lowest BCUT2D eigenvalue weighted by molar-refractivity contribution is 0.688. The third-order valence-electron chi connectivity index (χ3n) is 1.43. The van der Waals surface area contributed by atoms with Crippen molar-refractivity contribution >= 4 is 26.7 Å². The van der Waals surface area contributed by atoms with Crippen molar-refractivity contribution < 1.29 is 4.21 Å². The summed E-state index contributed by atoms with van der Waals surface area (Å²) in [5.74, 6) is 0. The summed E-state index contributed by atoms with van der Waals surface area (Å²) in [7, 11) is -1.02.